The molecule has 0 amide bonds. The lowest BCUT2D eigenvalue weighted by Gasteiger charge is -2.21. The highest BCUT2D eigenvalue weighted by Gasteiger charge is 2.37. The molecule has 65 heavy (non-hydrogen) atoms. The topological polar surface area (TPSA) is 51.8 Å². The third-order valence-corrected chi connectivity index (χ3v) is 13.6. The summed E-state index contributed by atoms with van der Waals surface area (Å²) in [6.07, 6.45) is 0. The molecule has 0 atom stereocenters. The number of nitrogens with zero attached hydrogens (tertiary/aromatic N) is 3. The van der Waals surface area contributed by atoms with Crippen LogP contribution in [0.4, 0.5) is 0 Å². The van der Waals surface area contributed by atoms with Crippen LogP contribution in [0.5, 0.6) is 0 Å². The predicted molar refractivity (Wildman–Crippen MR) is 272 cm³/mol. The lowest BCUT2D eigenvalue weighted by Crippen LogP contribution is -2.14. The van der Waals surface area contributed by atoms with Crippen LogP contribution in [-0.4, -0.2) is 15.0 Å². The third kappa shape index (κ3) is 5.40. The molecule has 1 aliphatic carbocycles. The largest absolute Gasteiger partial charge is 0.456 e. The monoisotopic (exact) mass is 864 g/mol. The number of thiophene rings is 1. The van der Waals surface area contributed by atoms with Crippen molar-refractivity contribution in [1.29, 1.82) is 0 Å². The van der Waals surface area contributed by atoms with Crippen molar-refractivity contribution < 1.29 is 27.7 Å². The first-order valence-electron chi connectivity index (χ1n) is 29.3. The molecule has 4 nitrogen and oxygen atoms in total. The van der Waals surface area contributed by atoms with E-state index in [0.717, 1.165) is 44.4 Å². The van der Waals surface area contributed by atoms with Crippen molar-refractivity contribution in [2.75, 3.05) is 0 Å². The van der Waals surface area contributed by atoms with Gasteiger partial charge in [0.2, 0.25) is 0 Å². The van der Waals surface area contributed by atoms with Crippen molar-refractivity contribution in [2.24, 2.45) is 0 Å². The molecular weight excluding hydrogens is 811 g/mol. The Morgan fingerprint density at radius 3 is 1.75 bits per heavy atom. The van der Waals surface area contributed by atoms with Crippen molar-refractivity contribution in [2.45, 2.75) is 19.3 Å². The minimum Gasteiger partial charge on any atom is -0.456 e. The normalized spacial score (nSPS) is 16.9. The molecular formula is C60H37N3OS. The van der Waals surface area contributed by atoms with Gasteiger partial charge in [0.05, 0.1) is 23.3 Å². The van der Waals surface area contributed by atoms with Gasteiger partial charge in [-0.1, -0.05) is 147 Å². The Hall–Kier alpha value is -7.99. The number of rotatable bonds is 4. The van der Waals surface area contributed by atoms with Crippen LogP contribution in [0.1, 0.15) is 48.3 Å². The number of fused-ring (bicyclic) bond motifs is 15. The summed E-state index contributed by atoms with van der Waals surface area (Å²) in [5, 5.41) is -0.798. The Kier molecular flexibility index (Phi) is 4.91. The van der Waals surface area contributed by atoms with E-state index in [9.17, 15) is 12.3 Å². The summed E-state index contributed by atoms with van der Waals surface area (Å²) in [6, 6.07) is 16.0. The van der Waals surface area contributed by atoms with Crippen molar-refractivity contribution in [3.8, 4) is 56.4 Å². The van der Waals surface area contributed by atoms with Crippen LogP contribution in [0.2, 0.25) is 0 Å². The fraction of sp³-hybridized carbons (Fsp3) is 0.0500. The minimum atomic E-state index is -0.794. The lowest BCUT2D eigenvalue weighted by molar-refractivity contribution is 0.660. The van der Waals surface area contributed by atoms with Crippen LogP contribution >= 0.6 is 11.3 Å². The van der Waals surface area contributed by atoms with E-state index in [1.54, 1.807) is 6.07 Å². The Labute approximate surface area is 402 Å². The molecule has 10 aromatic carbocycles. The Bertz CT molecular complexity index is 5150. The van der Waals surface area contributed by atoms with E-state index in [2.05, 4.69) is 26.0 Å². The van der Waals surface area contributed by atoms with Gasteiger partial charge in [-0.3, -0.25) is 0 Å². The minimum absolute atomic E-state index is 0.0105. The maximum Gasteiger partial charge on any atom is 0.164 e. The summed E-state index contributed by atoms with van der Waals surface area (Å²) >= 11 is 0.813. The maximum absolute atomic E-state index is 10.1. The van der Waals surface area contributed by atoms with E-state index >= 15 is 0 Å². The van der Waals surface area contributed by atoms with Crippen LogP contribution in [-0.2, 0) is 5.41 Å². The molecule has 3 heterocycles. The van der Waals surface area contributed by atoms with Gasteiger partial charge < -0.3 is 4.42 Å². The molecule has 0 N–H and O–H groups in total. The molecule has 0 bridgehead atoms. The number of furan rings is 1. The van der Waals surface area contributed by atoms with Gasteiger partial charge in [0.25, 0.3) is 0 Å². The predicted octanol–water partition coefficient (Wildman–Crippen LogP) is 16.6. The Morgan fingerprint density at radius 2 is 0.985 bits per heavy atom. The zero-order chi connectivity index (χ0) is 57.8. The summed E-state index contributed by atoms with van der Waals surface area (Å²) in [5.41, 5.74) is 4.61. The molecule has 0 saturated heterocycles. The van der Waals surface area contributed by atoms with E-state index in [-0.39, 0.29) is 59.4 Å². The fourth-order valence-corrected chi connectivity index (χ4v) is 10.4. The van der Waals surface area contributed by atoms with Gasteiger partial charge in [-0.15, -0.1) is 11.3 Å². The second kappa shape index (κ2) is 13.5. The van der Waals surface area contributed by atoms with E-state index in [4.69, 9.17) is 30.3 Å². The van der Waals surface area contributed by atoms with Crippen LogP contribution in [0.3, 0.4) is 0 Å². The number of hydrogen-bond donors (Lipinski definition) is 0. The van der Waals surface area contributed by atoms with Crippen LogP contribution in [0.15, 0.2) is 192 Å². The van der Waals surface area contributed by atoms with Gasteiger partial charge >= 0.3 is 0 Å². The SMILES string of the molecule is [2H]c1c(-c2nc(-c3ccc4c(c3)oc3ccccc34)nc(-c3cccc4c3-c3ccccc3C4(C)C)n2)c([2H])c2c(sc3c([2H])c([2H])c(-c4c([2H])c([2H])c5c6c([2H])c([2H])c([2H])c([2H])c6c6c([2H])c([2H])c([2H])c([2H])c6c5c4[2H])c([2H])c32)c1[2H]. The standard InChI is InChI=1S/C60H37N3OS/c1-60(2)50-19-9-7-17-45(50)56-46(18-11-20-51(56)60)59-62-57(61-58(63-59)37-23-27-44-43-16-8-10-21-52(43)64-53(44)33-37)36-25-29-55-49(32-36)48-31-35(24-28-54(48)65-55)34-22-26-42-40-14-4-3-12-38(40)39-13-5-6-15-41(39)47(42)30-34/h3-33H,1-2H3/i3D,4D,5D,6D,12D,13D,14D,15D,22D,24D,25D,26D,28D,29D,30D,31D,32D. The van der Waals surface area contributed by atoms with E-state index in [0.29, 0.717) is 22.3 Å². The average molecular weight is 865 g/mol. The molecule has 0 saturated carbocycles. The summed E-state index contributed by atoms with van der Waals surface area (Å²) in [4.78, 5) is 15.1. The first kappa shape index (κ1) is 23.6. The fourth-order valence-electron chi connectivity index (χ4n) is 9.46. The van der Waals surface area contributed by atoms with E-state index in [1.807, 2.05) is 66.7 Å². The van der Waals surface area contributed by atoms with Crippen molar-refractivity contribution in [1.82, 2.24) is 15.0 Å². The molecule has 0 aliphatic heterocycles. The third-order valence-electron chi connectivity index (χ3n) is 12.5. The van der Waals surface area contributed by atoms with Crippen LogP contribution < -0.4 is 0 Å². The number of hydrogen-bond acceptors (Lipinski definition) is 5. The van der Waals surface area contributed by atoms with Gasteiger partial charge in [0.15, 0.2) is 17.5 Å². The van der Waals surface area contributed by atoms with Crippen molar-refractivity contribution in [3.05, 3.63) is 199 Å². The quantitative estimate of drug-likeness (QED) is 0.165. The molecule has 0 fully saturated rings. The van der Waals surface area contributed by atoms with Gasteiger partial charge in [0.1, 0.15) is 11.2 Å². The molecule has 0 unspecified atom stereocenters. The highest BCUT2D eigenvalue weighted by Crippen LogP contribution is 2.52. The first-order chi connectivity index (χ1) is 39.1. The smallest absolute Gasteiger partial charge is 0.164 e. The molecule has 1 aliphatic rings. The van der Waals surface area contributed by atoms with Crippen molar-refractivity contribution in [3.63, 3.8) is 0 Å². The zero-order valence-electron chi connectivity index (χ0n) is 51.2. The molecule has 304 valence electrons. The average Bonchev–Trinajstić information content (AvgIpc) is 3.67. The second-order valence-corrected chi connectivity index (χ2v) is 17.5. The summed E-state index contributed by atoms with van der Waals surface area (Å²) in [6.45, 7) is 4.28. The summed E-state index contributed by atoms with van der Waals surface area (Å²) in [7, 11) is 0. The van der Waals surface area contributed by atoms with Gasteiger partial charge in [-0.05, 0) is 120 Å². The second-order valence-electron chi connectivity index (χ2n) is 16.5. The highest BCUT2D eigenvalue weighted by atomic mass is 32.1. The Balaban J connectivity index is 1.07. The molecule has 5 heteroatoms. The van der Waals surface area contributed by atoms with Gasteiger partial charge in [-0.2, -0.15) is 0 Å². The molecule has 14 rings (SSSR count). The molecule has 0 spiro atoms. The number of para-hydroxylation sites is 1. The maximum atomic E-state index is 10.1. The number of aromatic nitrogens is 3. The van der Waals surface area contributed by atoms with Crippen LogP contribution in [0.25, 0.3) is 131 Å². The highest BCUT2D eigenvalue weighted by molar-refractivity contribution is 7.25. The molecule has 0 radical (unpaired) electrons. The summed E-state index contributed by atoms with van der Waals surface area (Å²) in [5.74, 6) is 0.181. The summed E-state index contributed by atoms with van der Waals surface area (Å²) < 4.78 is 164. The lowest BCUT2D eigenvalue weighted by atomic mass is 9.82. The van der Waals surface area contributed by atoms with E-state index < -0.39 is 135 Å². The van der Waals surface area contributed by atoms with E-state index in [1.165, 1.54) is 0 Å². The van der Waals surface area contributed by atoms with Gasteiger partial charge in [-0.25, -0.2) is 15.0 Å². The van der Waals surface area contributed by atoms with Gasteiger partial charge in [0, 0.05) is 53.1 Å². The molecule has 13 aromatic rings. The van der Waals surface area contributed by atoms with Crippen molar-refractivity contribution >= 4 is 85.8 Å². The Morgan fingerprint density at radius 1 is 0.431 bits per heavy atom. The number of benzene rings is 10. The molecule has 3 aromatic heterocycles. The first-order valence-corrected chi connectivity index (χ1v) is 21.6. The zero-order valence-corrected chi connectivity index (χ0v) is 35.1. The van der Waals surface area contributed by atoms with Crippen LogP contribution in [0, 0.1) is 0 Å².